The zero-order valence-corrected chi connectivity index (χ0v) is 41.4. The molecule has 0 aromatic carbocycles. The van der Waals surface area contributed by atoms with Crippen LogP contribution >= 0.6 is 0 Å². The number of hydrogen-bond acceptors (Lipinski definition) is 7. The van der Waals surface area contributed by atoms with Crippen molar-refractivity contribution in [2.45, 2.75) is 157 Å². The van der Waals surface area contributed by atoms with Gasteiger partial charge in [-0.05, 0) is 157 Å². The SMILES string of the molecule is CO[Si](C)(C)C.C[Si](C)(C)O[Si](C)(C)O[Si](C)(C)C.C[Si](C)(C)O[Si](C)(C)O[Si](C)(C)O[Si](C)(C)C.[3H]O[Si](C)(C)C. The van der Waals surface area contributed by atoms with E-state index in [1.807, 2.05) is 19.6 Å². The van der Waals surface area contributed by atoms with Gasteiger partial charge in [0.15, 0.2) is 51.3 Å². The Hall–Kier alpha value is 1.67. The van der Waals surface area contributed by atoms with Crippen molar-refractivity contribution in [3.63, 3.8) is 0 Å². The lowest BCUT2D eigenvalue weighted by Crippen LogP contribution is -2.55. The normalized spacial score (nSPS) is 14.5. The van der Waals surface area contributed by atoms with Crippen molar-refractivity contribution in [1.29, 1.82) is 1.43 Å². The van der Waals surface area contributed by atoms with Crippen LogP contribution in [0.25, 0.3) is 0 Å². The second kappa shape index (κ2) is 18.1. The molecule has 7 nitrogen and oxygen atoms in total. The molecule has 16 heteroatoms. The minimum atomic E-state index is -2.05. The summed E-state index contributed by atoms with van der Waals surface area (Å²) in [7, 11) is -12.7. The molecule has 0 radical (unpaired) electrons. The number of hydrogen-bond donors (Lipinski definition) is 1. The first-order valence-electron chi connectivity index (χ1n) is 15.3. The highest BCUT2D eigenvalue weighted by Crippen LogP contribution is 2.23. The molecule has 0 aromatic heterocycles. The van der Waals surface area contributed by atoms with Crippen LogP contribution in [0.2, 0.25) is 157 Å². The van der Waals surface area contributed by atoms with Crippen molar-refractivity contribution < 1.29 is 29.8 Å². The second-order valence-corrected chi connectivity index (χ2v) is 55.8. The molecule has 0 atom stereocenters. The van der Waals surface area contributed by atoms with E-state index in [0.29, 0.717) is 0 Å². The lowest BCUT2D eigenvalue weighted by atomic mass is 11.8. The summed E-state index contributed by atoms with van der Waals surface area (Å²) in [5, 5.41) is 0. The van der Waals surface area contributed by atoms with Crippen LogP contribution in [0, 0.1) is 0 Å². The van der Waals surface area contributed by atoms with Gasteiger partial charge in [-0.15, -0.1) is 0 Å². The van der Waals surface area contributed by atoms with Crippen LogP contribution in [0.4, 0.5) is 0 Å². The first-order valence-corrected chi connectivity index (χ1v) is 43.8. The molecule has 0 fully saturated rings. The average molecular weight is 744 g/mol. The van der Waals surface area contributed by atoms with E-state index in [-0.39, 0.29) is 0 Å². The molecule has 254 valence electrons. The molecule has 0 saturated carbocycles. The highest BCUT2D eigenvalue weighted by Gasteiger charge is 2.41. The van der Waals surface area contributed by atoms with Crippen molar-refractivity contribution in [2.75, 3.05) is 7.11 Å². The summed E-state index contributed by atoms with van der Waals surface area (Å²) in [5.41, 5.74) is 0. The van der Waals surface area contributed by atoms with E-state index in [1.54, 1.807) is 7.11 Å². The third-order valence-electron chi connectivity index (χ3n) is 3.31. The topological polar surface area (TPSA) is 75.6 Å². The molecule has 0 rings (SSSR count). The minimum absolute atomic E-state index is 1.13. The molecular formula is C25H76O7Si9. The van der Waals surface area contributed by atoms with E-state index in [2.05, 4.69) is 142 Å². The molecule has 0 aliphatic rings. The molecule has 41 heavy (non-hydrogen) atoms. The van der Waals surface area contributed by atoms with Gasteiger partial charge >= 0.3 is 25.7 Å². The summed E-state index contributed by atoms with van der Waals surface area (Å²) >= 11 is 0. The van der Waals surface area contributed by atoms with Crippen LogP contribution in [0.3, 0.4) is 0 Å². The predicted octanol–water partition coefficient (Wildman–Crippen LogP) is 9.78. The van der Waals surface area contributed by atoms with Gasteiger partial charge in [0.25, 0.3) is 0 Å². The molecule has 0 aliphatic heterocycles. The molecule has 0 bridgehead atoms. The smallest absolute Gasteiger partial charge is 0.312 e. The Kier molecular flexibility index (Phi) is 20.8. The van der Waals surface area contributed by atoms with E-state index in [1.165, 1.54) is 0 Å². The monoisotopic (exact) mass is 742 g/mol. The highest BCUT2D eigenvalue weighted by atomic mass is 28.5. The molecular weight excluding hydrogens is 665 g/mol. The van der Waals surface area contributed by atoms with Gasteiger partial charge < -0.3 is 29.8 Å². The zero-order chi connectivity index (χ0) is 35.4. The molecule has 0 amide bonds. The molecule has 0 unspecified atom stereocenters. The number of rotatable bonds is 12. The lowest BCUT2D eigenvalue weighted by molar-refractivity contribution is 0.331. The average Bonchev–Trinajstić information content (AvgIpc) is 2.51. The summed E-state index contributed by atoms with van der Waals surface area (Å²) in [4.78, 5) is 4.33. The van der Waals surface area contributed by atoms with Gasteiger partial charge in [-0.2, -0.15) is 0 Å². The van der Waals surface area contributed by atoms with E-state index in [0.717, 1.165) is 0 Å². The fraction of sp³-hybridized carbons (Fsp3) is 1.00. The molecule has 0 saturated heterocycles. The standard InChI is InChI=1S/C10H30O3Si4.C8H24O2Si3.C4H12OSi.C3H10OSi/c1-14(2,3)11-16(7,8)13-17(9,10)12-15(4,5)6;1-11(2,3)9-13(7,8)10-12(4,5)6;1-5-6(2,3)4;1-5(2,3)4/h1-10H3;1-8H3;1-4H3;4H,1-3H3/i;;;4T. The zero-order valence-electron chi connectivity index (χ0n) is 33.4. The van der Waals surface area contributed by atoms with Gasteiger partial charge in [0.05, 0.1) is 0 Å². The molecule has 1 N–H and O–H groups in total. The van der Waals surface area contributed by atoms with E-state index < -0.39 is 75.6 Å². The van der Waals surface area contributed by atoms with E-state index in [9.17, 15) is 0 Å². The van der Waals surface area contributed by atoms with Crippen LogP contribution in [0.1, 0.15) is 0 Å². The Morgan fingerprint density at radius 3 is 0.585 bits per heavy atom. The third kappa shape index (κ3) is 54.6. The summed E-state index contributed by atoms with van der Waals surface area (Å²) in [6.07, 6.45) is 0. The van der Waals surface area contributed by atoms with Crippen LogP contribution in [0.15, 0.2) is 0 Å². The molecule has 0 aromatic rings. The van der Waals surface area contributed by atoms with Crippen LogP contribution < -0.4 is 0 Å². The summed E-state index contributed by atoms with van der Waals surface area (Å²) in [5.74, 6) is 0. The molecule has 0 aliphatic carbocycles. The van der Waals surface area contributed by atoms with Crippen molar-refractivity contribution in [3.05, 3.63) is 0 Å². The van der Waals surface area contributed by atoms with Gasteiger partial charge in [0, 0.05) is 7.11 Å². The third-order valence-corrected chi connectivity index (χ3v) is 26.1. The lowest BCUT2D eigenvalue weighted by Gasteiger charge is -2.39. The van der Waals surface area contributed by atoms with Crippen LogP contribution in [0.5, 0.6) is 0 Å². The van der Waals surface area contributed by atoms with Gasteiger partial charge in [0.1, 0.15) is 0 Å². The van der Waals surface area contributed by atoms with Gasteiger partial charge in [-0.3, -0.25) is 0 Å². The Morgan fingerprint density at radius 2 is 0.488 bits per heavy atom. The maximum Gasteiger partial charge on any atom is 0.312 e. The largest absolute Gasteiger partial charge is 0.437 e. The summed E-state index contributed by atoms with van der Waals surface area (Å²) < 4.78 is 42.4. The molecule has 0 spiro atoms. The van der Waals surface area contributed by atoms with Gasteiger partial charge in [-0.1, -0.05) is 0 Å². The van der Waals surface area contributed by atoms with Crippen molar-refractivity contribution in [3.8, 4) is 0 Å². The maximum absolute atomic E-state index is 6.42. The Bertz CT molecular complexity index is 659. The van der Waals surface area contributed by atoms with Crippen molar-refractivity contribution in [1.82, 2.24) is 0 Å². The Labute approximate surface area is 269 Å². The minimum Gasteiger partial charge on any atom is -0.437 e. The van der Waals surface area contributed by atoms with Crippen LogP contribution in [-0.4, -0.2) is 88.9 Å². The fourth-order valence-corrected chi connectivity index (χ4v) is 33.6. The predicted molar refractivity (Wildman–Crippen MR) is 207 cm³/mol. The quantitative estimate of drug-likeness (QED) is 0.200. The van der Waals surface area contributed by atoms with Gasteiger partial charge in [-0.25, -0.2) is 0 Å². The maximum atomic E-state index is 6.42. The summed E-state index contributed by atoms with van der Waals surface area (Å²) in [6.45, 7) is 51.8. The van der Waals surface area contributed by atoms with Crippen molar-refractivity contribution >= 4 is 75.6 Å². The van der Waals surface area contributed by atoms with E-state index in [4.69, 9.17) is 26.4 Å². The van der Waals surface area contributed by atoms with Crippen molar-refractivity contribution in [2.24, 2.45) is 0 Å². The van der Waals surface area contributed by atoms with Crippen LogP contribution in [-0.2, 0) is 25.0 Å². The Balaban J connectivity index is -0.000000253. The summed E-state index contributed by atoms with van der Waals surface area (Å²) in [6, 6.07) is 0. The fourth-order valence-electron chi connectivity index (χ4n) is 3.60. The first kappa shape index (κ1) is 47.1. The molecule has 0 heterocycles. The van der Waals surface area contributed by atoms with E-state index >= 15 is 0 Å². The highest BCUT2D eigenvalue weighted by molar-refractivity contribution is 6.89. The Morgan fingerprint density at radius 1 is 0.341 bits per heavy atom. The second-order valence-electron chi connectivity index (χ2n) is 17.6. The van der Waals surface area contributed by atoms with Gasteiger partial charge in [0.2, 0.25) is 0 Å². The first-order chi connectivity index (χ1) is 17.7.